The van der Waals surface area contributed by atoms with Crippen molar-refractivity contribution < 1.29 is 27.8 Å². The van der Waals surface area contributed by atoms with E-state index < -0.39 is 12.5 Å². The van der Waals surface area contributed by atoms with Crippen molar-refractivity contribution in [1.82, 2.24) is 0 Å². The highest BCUT2D eigenvalue weighted by Crippen LogP contribution is 2.27. The minimum Gasteiger partial charge on any atom is -0.497 e. The molecule has 132 valence electrons. The predicted octanol–water partition coefficient (Wildman–Crippen LogP) is 3.96. The first-order chi connectivity index (χ1) is 12.0. The first kappa shape index (κ1) is 18.3. The maximum Gasteiger partial charge on any atom is 0.387 e. The summed E-state index contributed by atoms with van der Waals surface area (Å²) in [6.45, 7) is -2.97. The smallest absolute Gasteiger partial charge is 0.387 e. The third-order valence-corrected chi connectivity index (χ3v) is 3.22. The van der Waals surface area contributed by atoms with Gasteiger partial charge in [0.2, 0.25) is 5.91 Å². The van der Waals surface area contributed by atoms with Crippen molar-refractivity contribution in [2.45, 2.75) is 6.61 Å². The van der Waals surface area contributed by atoms with Crippen LogP contribution >= 0.6 is 0 Å². The fourth-order valence-electron chi connectivity index (χ4n) is 2.06. The molecule has 0 aromatic heterocycles. The number of rotatable bonds is 7. The van der Waals surface area contributed by atoms with Gasteiger partial charge in [-0.25, -0.2) is 0 Å². The van der Waals surface area contributed by atoms with Crippen LogP contribution in [0.25, 0.3) is 6.08 Å². The number of alkyl halides is 2. The number of amides is 1. The van der Waals surface area contributed by atoms with Gasteiger partial charge in [0.1, 0.15) is 17.2 Å². The Balaban J connectivity index is 2.12. The van der Waals surface area contributed by atoms with E-state index in [-0.39, 0.29) is 11.4 Å². The van der Waals surface area contributed by atoms with E-state index in [1.54, 1.807) is 30.3 Å². The molecule has 5 nitrogen and oxygen atoms in total. The average Bonchev–Trinajstić information content (AvgIpc) is 2.61. The van der Waals surface area contributed by atoms with Gasteiger partial charge in [0, 0.05) is 17.7 Å². The average molecular weight is 349 g/mol. The van der Waals surface area contributed by atoms with Gasteiger partial charge < -0.3 is 19.5 Å². The Morgan fingerprint density at radius 2 is 1.84 bits per heavy atom. The van der Waals surface area contributed by atoms with Crippen LogP contribution in [0.15, 0.2) is 48.5 Å². The van der Waals surface area contributed by atoms with Gasteiger partial charge in [-0.2, -0.15) is 8.78 Å². The van der Waals surface area contributed by atoms with Crippen molar-refractivity contribution in [3.63, 3.8) is 0 Å². The van der Waals surface area contributed by atoms with E-state index in [9.17, 15) is 13.6 Å². The lowest BCUT2D eigenvalue weighted by Gasteiger charge is -2.10. The van der Waals surface area contributed by atoms with Gasteiger partial charge in [0.05, 0.1) is 19.9 Å². The largest absolute Gasteiger partial charge is 0.497 e. The number of carbonyl (C=O) groups is 1. The van der Waals surface area contributed by atoms with E-state index in [0.717, 1.165) is 0 Å². The molecule has 0 atom stereocenters. The van der Waals surface area contributed by atoms with Crippen LogP contribution in [0.1, 0.15) is 5.56 Å². The Kier molecular flexibility index (Phi) is 6.33. The van der Waals surface area contributed by atoms with Gasteiger partial charge in [-0.3, -0.25) is 4.79 Å². The number of carbonyl (C=O) groups excluding carboxylic acids is 1. The molecule has 0 radical (unpaired) electrons. The van der Waals surface area contributed by atoms with E-state index in [1.165, 1.54) is 38.5 Å². The molecule has 0 spiro atoms. The van der Waals surface area contributed by atoms with Gasteiger partial charge >= 0.3 is 6.61 Å². The molecule has 0 aliphatic heterocycles. The zero-order valence-electron chi connectivity index (χ0n) is 13.7. The Morgan fingerprint density at radius 1 is 1.08 bits per heavy atom. The van der Waals surface area contributed by atoms with Crippen LogP contribution in [0, 0.1) is 0 Å². The van der Waals surface area contributed by atoms with Crippen LogP contribution in [0.5, 0.6) is 17.2 Å². The van der Waals surface area contributed by atoms with E-state index in [1.807, 2.05) is 0 Å². The Hall–Kier alpha value is -3.09. The normalized spacial score (nSPS) is 10.8. The lowest BCUT2D eigenvalue weighted by molar-refractivity contribution is -0.111. The maximum atomic E-state index is 12.4. The molecular formula is C18H17F2NO4. The SMILES string of the molecule is COc1ccc(/C=C/C(=O)Nc2ccccc2OC(F)F)c(OC)c1. The monoisotopic (exact) mass is 349 g/mol. The molecular weight excluding hydrogens is 332 g/mol. The van der Waals surface area contributed by atoms with E-state index in [2.05, 4.69) is 10.1 Å². The molecule has 25 heavy (non-hydrogen) atoms. The number of hydrogen-bond acceptors (Lipinski definition) is 4. The molecule has 0 saturated heterocycles. The van der Waals surface area contributed by atoms with E-state index in [4.69, 9.17) is 9.47 Å². The summed E-state index contributed by atoms with van der Waals surface area (Å²) in [4.78, 5) is 12.0. The first-order valence-electron chi connectivity index (χ1n) is 7.28. The molecule has 2 aromatic carbocycles. The van der Waals surface area contributed by atoms with Crippen LogP contribution in [0.2, 0.25) is 0 Å². The summed E-state index contributed by atoms with van der Waals surface area (Å²) in [6, 6.07) is 11.1. The highest BCUT2D eigenvalue weighted by Gasteiger charge is 2.10. The quantitative estimate of drug-likeness (QED) is 0.769. The van der Waals surface area contributed by atoms with Crippen molar-refractivity contribution >= 4 is 17.7 Å². The van der Waals surface area contributed by atoms with Gasteiger partial charge in [0.15, 0.2) is 0 Å². The molecule has 0 bridgehead atoms. The summed E-state index contributed by atoms with van der Waals surface area (Å²) in [5, 5.41) is 2.50. The van der Waals surface area contributed by atoms with Crippen molar-refractivity contribution in [3.05, 3.63) is 54.1 Å². The fraction of sp³-hybridized carbons (Fsp3) is 0.167. The van der Waals surface area contributed by atoms with Gasteiger partial charge in [-0.1, -0.05) is 12.1 Å². The molecule has 1 N–H and O–H groups in total. The number of ether oxygens (including phenoxy) is 3. The molecule has 1 amide bonds. The summed E-state index contributed by atoms with van der Waals surface area (Å²) in [5.41, 5.74) is 0.815. The third-order valence-electron chi connectivity index (χ3n) is 3.22. The van der Waals surface area contributed by atoms with Crippen molar-refractivity contribution in [1.29, 1.82) is 0 Å². The molecule has 0 unspecified atom stereocenters. The summed E-state index contributed by atoms with van der Waals surface area (Å²) in [5.74, 6) is 0.547. The molecule has 0 heterocycles. The Bertz CT molecular complexity index is 762. The number of benzene rings is 2. The lowest BCUT2D eigenvalue weighted by Crippen LogP contribution is -2.11. The number of hydrogen-bond donors (Lipinski definition) is 1. The van der Waals surface area contributed by atoms with E-state index in [0.29, 0.717) is 17.1 Å². The second-order valence-electron chi connectivity index (χ2n) is 4.81. The summed E-state index contributed by atoms with van der Waals surface area (Å²) in [6.07, 6.45) is 2.81. The van der Waals surface area contributed by atoms with Crippen molar-refractivity contribution in [3.8, 4) is 17.2 Å². The highest BCUT2D eigenvalue weighted by atomic mass is 19.3. The van der Waals surface area contributed by atoms with Crippen molar-refractivity contribution in [2.24, 2.45) is 0 Å². The summed E-state index contributed by atoms with van der Waals surface area (Å²) >= 11 is 0. The molecule has 7 heteroatoms. The number of anilines is 1. The summed E-state index contributed by atoms with van der Waals surface area (Å²) in [7, 11) is 3.04. The van der Waals surface area contributed by atoms with Crippen LogP contribution in [-0.2, 0) is 4.79 Å². The summed E-state index contributed by atoms with van der Waals surface area (Å²) < 4.78 is 39.5. The van der Waals surface area contributed by atoms with Gasteiger partial charge in [0.25, 0.3) is 0 Å². The Morgan fingerprint density at radius 3 is 2.52 bits per heavy atom. The van der Waals surface area contributed by atoms with E-state index >= 15 is 0 Å². The molecule has 0 aliphatic rings. The standard InChI is InChI=1S/C18H17F2NO4/c1-23-13-9-7-12(16(11-13)24-2)8-10-17(22)21-14-5-3-4-6-15(14)25-18(19)20/h3-11,18H,1-2H3,(H,21,22)/b10-8+. The predicted molar refractivity (Wildman–Crippen MR) is 90.3 cm³/mol. The number of methoxy groups -OCH3 is 2. The molecule has 0 saturated carbocycles. The number of para-hydroxylation sites is 2. The van der Waals surface area contributed by atoms with Crippen LogP contribution in [0.3, 0.4) is 0 Å². The zero-order chi connectivity index (χ0) is 18.2. The van der Waals surface area contributed by atoms with Crippen LogP contribution in [-0.4, -0.2) is 26.7 Å². The number of halogens is 2. The topological polar surface area (TPSA) is 56.8 Å². The van der Waals surface area contributed by atoms with Crippen molar-refractivity contribution in [2.75, 3.05) is 19.5 Å². The minimum absolute atomic E-state index is 0.110. The highest BCUT2D eigenvalue weighted by molar-refractivity contribution is 6.02. The fourth-order valence-corrected chi connectivity index (χ4v) is 2.06. The minimum atomic E-state index is -2.97. The van der Waals surface area contributed by atoms with Crippen LogP contribution in [0.4, 0.5) is 14.5 Å². The van der Waals surface area contributed by atoms with Gasteiger partial charge in [-0.15, -0.1) is 0 Å². The molecule has 0 aliphatic carbocycles. The molecule has 2 rings (SSSR count). The maximum absolute atomic E-state index is 12.4. The zero-order valence-corrected chi connectivity index (χ0v) is 13.7. The lowest BCUT2D eigenvalue weighted by atomic mass is 10.1. The number of nitrogens with one attached hydrogen (secondary N) is 1. The first-order valence-corrected chi connectivity index (χ1v) is 7.28. The third kappa shape index (κ3) is 5.20. The second-order valence-corrected chi connectivity index (χ2v) is 4.81. The Labute approximate surface area is 143 Å². The van der Waals surface area contributed by atoms with Crippen LogP contribution < -0.4 is 19.5 Å². The molecule has 0 fully saturated rings. The second kappa shape index (κ2) is 8.68. The molecule has 2 aromatic rings. The van der Waals surface area contributed by atoms with Gasteiger partial charge in [-0.05, 0) is 30.3 Å².